The van der Waals surface area contributed by atoms with Crippen LogP contribution in [-0.4, -0.2) is 20.1 Å². The lowest BCUT2D eigenvalue weighted by Crippen LogP contribution is -2.30. The van der Waals surface area contributed by atoms with E-state index in [1.165, 1.54) is 5.56 Å². The second kappa shape index (κ2) is 11.4. The number of nitrogens with zero attached hydrogens (tertiary/aromatic N) is 1. The van der Waals surface area contributed by atoms with E-state index in [1.54, 1.807) is 26.0 Å². The van der Waals surface area contributed by atoms with E-state index in [4.69, 9.17) is 9.47 Å². The number of carbonyl (C=O) groups excluding carboxylic acids is 1. The molecule has 0 saturated heterocycles. The predicted octanol–water partition coefficient (Wildman–Crippen LogP) is 6.84. The molecule has 4 aromatic rings. The molecule has 4 nitrogen and oxygen atoms in total. The van der Waals surface area contributed by atoms with Crippen LogP contribution in [0.4, 0.5) is 5.69 Å². The molecule has 0 radical (unpaired) electrons. The Morgan fingerprint density at radius 3 is 1.94 bits per heavy atom. The second-order valence-corrected chi connectivity index (χ2v) is 8.73. The first-order chi connectivity index (χ1) is 16.7. The van der Waals surface area contributed by atoms with Crippen molar-refractivity contribution in [1.29, 1.82) is 0 Å². The van der Waals surface area contributed by atoms with Gasteiger partial charge >= 0.3 is 0 Å². The van der Waals surface area contributed by atoms with Gasteiger partial charge < -0.3 is 14.4 Å². The Morgan fingerprint density at radius 1 is 0.706 bits per heavy atom. The normalized spacial score (nSPS) is 10.5. The number of hydrogen-bond acceptors (Lipinski definition) is 4. The van der Waals surface area contributed by atoms with Crippen molar-refractivity contribution in [2.75, 3.05) is 19.1 Å². The highest BCUT2D eigenvalue weighted by atomic mass is 32.2. The van der Waals surface area contributed by atoms with E-state index in [0.29, 0.717) is 12.1 Å². The van der Waals surface area contributed by atoms with Gasteiger partial charge in [0.1, 0.15) is 11.5 Å². The summed E-state index contributed by atoms with van der Waals surface area (Å²) in [6.07, 6.45) is 0. The summed E-state index contributed by atoms with van der Waals surface area (Å²) in [5, 5.41) is 0. The van der Waals surface area contributed by atoms with Crippen molar-refractivity contribution in [2.45, 2.75) is 17.2 Å². The number of carbonyl (C=O) groups is 1. The molecular formula is C29H27NO3S. The third-order valence-corrected chi connectivity index (χ3v) is 6.63. The van der Waals surface area contributed by atoms with Crippen LogP contribution in [0.25, 0.3) is 0 Å². The number of hydrogen-bond donors (Lipinski definition) is 0. The minimum Gasteiger partial charge on any atom is -0.497 e. The van der Waals surface area contributed by atoms with Crippen LogP contribution in [0.5, 0.6) is 11.5 Å². The smallest absolute Gasteiger partial charge is 0.259 e. The lowest BCUT2D eigenvalue weighted by Gasteiger charge is -2.24. The highest BCUT2D eigenvalue weighted by molar-refractivity contribution is 7.98. The van der Waals surface area contributed by atoms with Crippen LogP contribution in [0, 0.1) is 0 Å². The monoisotopic (exact) mass is 469 g/mol. The molecule has 0 aliphatic rings. The number of ether oxygens (including phenoxy) is 2. The fourth-order valence-electron chi connectivity index (χ4n) is 3.61. The molecule has 5 heteroatoms. The molecule has 0 heterocycles. The molecule has 0 fully saturated rings. The predicted molar refractivity (Wildman–Crippen MR) is 139 cm³/mol. The number of anilines is 1. The maximum atomic E-state index is 13.9. The first-order valence-electron chi connectivity index (χ1n) is 11.0. The van der Waals surface area contributed by atoms with Gasteiger partial charge in [0.25, 0.3) is 5.91 Å². The fraction of sp³-hybridized carbons (Fsp3) is 0.138. The van der Waals surface area contributed by atoms with Crippen molar-refractivity contribution in [3.05, 3.63) is 120 Å². The van der Waals surface area contributed by atoms with Gasteiger partial charge in [-0.2, -0.15) is 0 Å². The molecule has 0 unspecified atom stereocenters. The summed E-state index contributed by atoms with van der Waals surface area (Å²) in [6, 6.07) is 33.5. The average Bonchev–Trinajstić information content (AvgIpc) is 2.91. The number of rotatable bonds is 9. The van der Waals surface area contributed by atoms with Gasteiger partial charge in [-0.15, -0.1) is 11.8 Å². The Balaban J connectivity index is 1.64. The Kier molecular flexibility index (Phi) is 7.89. The second-order valence-electron chi connectivity index (χ2n) is 7.71. The van der Waals surface area contributed by atoms with E-state index in [9.17, 15) is 4.79 Å². The minimum absolute atomic E-state index is 0.0443. The molecule has 0 aliphatic carbocycles. The highest BCUT2D eigenvalue weighted by Gasteiger charge is 2.21. The topological polar surface area (TPSA) is 38.8 Å². The Hall–Kier alpha value is -3.70. The van der Waals surface area contributed by atoms with Gasteiger partial charge in [0, 0.05) is 16.3 Å². The van der Waals surface area contributed by atoms with Crippen LogP contribution in [0.1, 0.15) is 21.5 Å². The third-order valence-electron chi connectivity index (χ3n) is 5.48. The SMILES string of the molecule is COc1ccc(CN(C(=O)c2ccccc2SCc2ccccc2)c2ccc(OC)cc2)cc1. The van der Waals surface area contributed by atoms with E-state index in [2.05, 4.69) is 12.1 Å². The molecule has 0 atom stereocenters. The molecule has 0 N–H and O–H groups in total. The molecule has 1 amide bonds. The van der Waals surface area contributed by atoms with Gasteiger partial charge in [0.2, 0.25) is 0 Å². The summed E-state index contributed by atoms with van der Waals surface area (Å²) >= 11 is 1.67. The summed E-state index contributed by atoms with van der Waals surface area (Å²) in [5.74, 6) is 2.29. The van der Waals surface area contributed by atoms with E-state index < -0.39 is 0 Å². The van der Waals surface area contributed by atoms with Crippen molar-refractivity contribution < 1.29 is 14.3 Å². The molecule has 4 aromatic carbocycles. The fourth-order valence-corrected chi connectivity index (χ4v) is 4.61. The van der Waals surface area contributed by atoms with Crippen LogP contribution >= 0.6 is 11.8 Å². The van der Waals surface area contributed by atoms with E-state index in [0.717, 1.165) is 33.4 Å². The van der Waals surface area contributed by atoms with Gasteiger partial charge in [0.05, 0.1) is 26.3 Å². The number of methoxy groups -OCH3 is 2. The van der Waals surface area contributed by atoms with E-state index >= 15 is 0 Å². The third kappa shape index (κ3) is 5.80. The molecule has 0 saturated carbocycles. The number of amides is 1. The highest BCUT2D eigenvalue weighted by Crippen LogP contribution is 2.30. The van der Waals surface area contributed by atoms with Gasteiger partial charge in [0.15, 0.2) is 0 Å². The summed E-state index contributed by atoms with van der Waals surface area (Å²) < 4.78 is 10.6. The van der Waals surface area contributed by atoms with Crippen molar-refractivity contribution in [3.63, 3.8) is 0 Å². The lowest BCUT2D eigenvalue weighted by molar-refractivity contribution is 0.0982. The largest absolute Gasteiger partial charge is 0.497 e. The van der Waals surface area contributed by atoms with Crippen LogP contribution in [-0.2, 0) is 12.3 Å². The van der Waals surface area contributed by atoms with Gasteiger partial charge in [-0.25, -0.2) is 0 Å². The van der Waals surface area contributed by atoms with Crippen LogP contribution in [0.3, 0.4) is 0 Å². The van der Waals surface area contributed by atoms with Gasteiger partial charge in [-0.1, -0.05) is 54.6 Å². The summed E-state index contributed by atoms with van der Waals surface area (Å²) in [7, 11) is 3.28. The Morgan fingerprint density at radius 2 is 1.29 bits per heavy atom. The van der Waals surface area contributed by atoms with Gasteiger partial charge in [-0.05, 0) is 59.7 Å². The summed E-state index contributed by atoms with van der Waals surface area (Å²) in [5.41, 5.74) is 3.73. The number of thioether (sulfide) groups is 1. The molecule has 172 valence electrons. The standard InChI is InChI=1S/C29H27NO3S/c1-32-25-16-12-22(13-17-25)20-30(24-14-18-26(33-2)19-15-24)29(31)27-10-6-7-11-28(27)34-21-23-8-4-3-5-9-23/h3-19H,20-21H2,1-2H3. The van der Waals surface area contributed by atoms with Crippen LogP contribution in [0.2, 0.25) is 0 Å². The maximum absolute atomic E-state index is 13.9. The molecule has 0 spiro atoms. The van der Waals surface area contributed by atoms with E-state index in [-0.39, 0.29) is 5.91 Å². The molecule has 0 aliphatic heterocycles. The van der Waals surface area contributed by atoms with E-state index in [1.807, 2.05) is 95.9 Å². The summed E-state index contributed by atoms with van der Waals surface area (Å²) in [4.78, 5) is 16.7. The first kappa shape index (κ1) is 23.5. The lowest BCUT2D eigenvalue weighted by atomic mass is 10.1. The molecule has 0 bridgehead atoms. The van der Waals surface area contributed by atoms with Crippen LogP contribution in [0.15, 0.2) is 108 Å². The molecule has 0 aromatic heterocycles. The molecule has 4 rings (SSSR count). The summed E-state index contributed by atoms with van der Waals surface area (Å²) in [6.45, 7) is 0.437. The van der Waals surface area contributed by atoms with Crippen molar-refractivity contribution in [3.8, 4) is 11.5 Å². The molecule has 34 heavy (non-hydrogen) atoms. The first-order valence-corrected chi connectivity index (χ1v) is 12.0. The average molecular weight is 470 g/mol. The quantitative estimate of drug-likeness (QED) is 0.252. The zero-order valence-electron chi connectivity index (χ0n) is 19.3. The van der Waals surface area contributed by atoms with Crippen molar-refractivity contribution in [1.82, 2.24) is 0 Å². The number of benzene rings is 4. The van der Waals surface area contributed by atoms with Crippen molar-refractivity contribution >= 4 is 23.4 Å². The minimum atomic E-state index is -0.0443. The Bertz CT molecular complexity index is 1210. The molecular weight excluding hydrogens is 442 g/mol. The van der Waals surface area contributed by atoms with Gasteiger partial charge in [-0.3, -0.25) is 4.79 Å². The van der Waals surface area contributed by atoms with Crippen molar-refractivity contribution in [2.24, 2.45) is 0 Å². The zero-order valence-corrected chi connectivity index (χ0v) is 20.1. The zero-order chi connectivity index (χ0) is 23.8. The maximum Gasteiger partial charge on any atom is 0.259 e. The Labute approximate surface area is 205 Å². The van der Waals surface area contributed by atoms with Crippen LogP contribution < -0.4 is 14.4 Å².